The summed E-state index contributed by atoms with van der Waals surface area (Å²) in [5.74, 6) is -3.23. The summed E-state index contributed by atoms with van der Waals surface area (Å²) >= 11 is 0. The fourth-order valence-electron chi connectivity index (χ4n) is 1.41. The first-order valence-electron chi connectivity index (χ1n) is 5.62. The Balaban J connectivity index is 2.84. The number of carbonyl (C=O) groups excluding carboxylic acids is 1. The van der Waals surface area contributed by atoms with Gasteiger partial charge in [0.2, 0.25) is 5.91 Å². The summed E-state index contributed by atoms with van der Waals surface area (Å²) in [6.45, 7) is 4.15. The Labute approximate surface area is 109 Å². The molecule has 0 unspecified atom stereocenters. The molecule has 0 spiro atoms. The van der Waals surface area contributed by atoms with Gasteiger partial charge in [-0.2, -0.15) is 0 Å². The Bertz CT molecular complexity index is 527. The number of aryl methyl sites for hydroxylation is 1. The smallest absolute Gasteiger partial charge is 0.309 e. The largest absolute Gasteiger partial charge is 0.481 e. The third-order valence-corrected chi connectivity index (χ3v) is 2.70. The summed E-state index contributed by atoms with van der Waals surface area (Å²) in [5.41, 5.74) is -1.44. The van der Waals surface area contributed by atoms with Crippen LogP contribution < -0.4 is 5.32 Å². The zero-order valence-electron chi connectivity index (χ0n) is 10.9. The summed E-state index contributed by atoms with van der Waals surface area (Å²) in [7, 11) is 0. The predicted octanol–water partition coefficient (Wildman–Crippen LogP) is 2.71. The van der Waals surface area contributed by atoms with Crippen LogP contribution in [0.2, 0.25) is 0 Å². The Hall–Kier alpha value is -1.98. The second kappa shape index (κ2) is 5.34. The Morgan fingerprint density at radius 1 is 1.26 bits per heavy atom. The second-order valence-corrected chi connectivity index (χ2v) is 5.00. The summed E-state index contributed by atoms with van der Waals surface area (Å²) in [5, 5.41) is 11.0. The van der Waals surface area contributed by atoms with Crippen molar-refractivity contribution in [2.45, 2.75) is 27.2 Å². The number of carboxylic acids is 1. The first-order valence-corrected chi connectivity index (χ1v) is 5.62. The van der Waals surface area contributed by atoms with E-state index in [-0.39, 0.29) is 17.7 Å². The molecule has 0 heterocycles. The molecule has 0 saturated carbocycles. The van der Waals surface area contributed by atoms with Gasteiger partial charge < -0.3 is 10.4 Å². The van der Waals surface area contributed by atoms with Crippen molar-refractivity contribution in [3.8, 4) is 0 Å². The van der Waals surface area contributed by atoms with Crippen molar-refractivity contribution in [1.29, 1.82) is 0 Å². The number of halogens is 2. The van der Waals surface area contributed by atoms with E-state index in [4.69, 9.17) is 5.11 Å². The van der Waals surface area contributed by atoms with Crippen molar-refractivity contribution in [2.24, 2.45) is 5.41 Å². The number of rotatable bonds is 4. The lowest BCUT2D eigenvalue weighted by Gasteiger charge is -2.18. The van der Waals surface area contributed by atoms with Crippen LogP contribution in [-0.2, 0) is 9.59 Å². The normalized spacial score (nSPS) is 11.2. The first kappa shape index (κ1) is 15.1. The summed E-state index contributed by atoms with van der Waals surface area (Å²) in [4.78, 5) is 22.5. The van der Waals surface area contributed by atoms with Crippen LogP contribution in [0.15, 0.2) is 12.1 Å². The molecule has 6 heteroatoms. The number of benzene rings is 1. The van der Waals surface area contributed by atoms with E-state index in [1.807, 2.05) is 0 Å². The van der Waals surface area contributed by atoms with Crippen molar-refractivity contribution < 1.29 is 23.5 Å². The Morgan fingerprint density at radius 3 is 2.37 bits per heavy atom. The lowest BCUT2D eigenvalue weighted by atomic mass is 9.89. The molecule has 0 aliphatic heterocycles. The average Bonchev–Trinajstić information content (AvgIpc) is 2.24. The van der Waals surface area contributed by atoms with Crippen LogP contribution in [0.1, 0.15) is 25.8 Å². The fraction of sp³-hybridized carbons (Fsp3) is 0.385. The maximum absolute atomic E-state index is 13.5. The molecule has 0 fully saturated rings. The number of amides is 1. The van der Waals surface area contributed by atoms with Gasteiger partial charge in [-0.15, -0.1) is 0 Å². The maximum Gasteiger partial charge on any atom is 0.309 e. The SMILES string of the molecule is Cc1cc(F)c(NC(=O)CC(C)(C)C(=O)O)cc1F. The molecular weight excluding hydrogens is 256 g/mol. The van der Waals surface area contributed by atoms with Crippen LogP contribution in [0.4, 0.5) is 14.5 Å². The molecule has 0 radical (unpaired) electrons. The van der Waals surface area contributed by atoms with E-state index >= 15 is 0 Å². The number of aliphatic carboxylic acids is 1. The lowest BCUT2D eigenvalue weighted by Crippen LogP contribution is -2.29. The third-order valence-electron chi connectivity index (χ3n) is 2.70. The van der Waals surface area contributed by atoms with Crippen LogP contribution in [-0.4, -0.2) is 17.0 Å². The second-order valence-electron chi connectivity index (χ2n) is 5.00. The molecule has 1 aromatic carbocycles. The van der Waals surface area contributed by atoms with Crippen molar-refractivity contribution in [3.05, 3.63) is 29.3 Å². The van der Waals surface area contributed by atoms with E-state index in [1.165, 1.54) is 20.8 Å². The molecule has 19 heavy (non-hydrogen) atoms. The van der Waals surface area contributed by atoms with Gasteiger partial charge in [0.1, 0.15) is 11.6 Å². The van der Waals surface area contributed by atoms with Gasteiger partial charge >= 0.3 is 5.97 Å². The minimum atomic E-state index is -1.27. The van der Waals surface area contributed by atoms with Crippen molar-refractivity contribution >= 4 is 17.6 Å². The van der Waals surface area contributed by atoms with Gasteiger partial charge in [-0.25, -0.2) is 8.78 Å². The first-order chi connectivity index (χ1) is 8.63. The van der Waals surface area contributed by atoms with Crippen LogP contribution in [0.25, 0.3) is 0 Å². The molecule has 0 bridgehead atoms. The van der Waals surface area contributed by atoms with Gasteiger partial charge in [0.25, 0.3) is 0 Å². The highest BCUT2D eigenvalue weighted by Gasteiger charge is 2.30. The molecule has 104 valence electrons. The van der Waals surface area contributed by atoms with Crippen LogP contribution in [0.3, 0.4) is 0 Å². The highest BCUT2D eigenvalue weighted by Crippen LogP contribution is 2.23. The molecule has 0 aliphatic carbocycles. The van der Waals surface area contributed by atoms with E-state index in [9.17, 15) is 18.4 Å². The van der Waals surface area contributed by atoms with E-state index in [2.05, 4.69) is 5.32 Å². The molecule has 1 rings (SSSR count). The maximum atomic E-state index is 13.5. The van der Waals surface area contributed by atoms with Crippen LogP contribution in [0, 0.1) is 24.0 Å². The van der Waals surface area contributed by atoms with Gasteiger partial charge in [-0.3, -0.25) is 9.59 Å². The van der Waals surface area contributed by atoms with Crippen molar-refractivity contribution in [3.63, 3.8) is 0 Å². The molecule has 4 nitrogen and oxygen atoms in total. The molecule has 1 amide bonds. The quantitative estimate of drug-likeness (QED) is 0.884. The van der Waals surface area contributed by atoms with Crippen molar-refractivity contribution in [1.82, 2.24) is 0 Å². The summed E-state index contributed by atoms with van der Waals surface area (Å²) in [6.07, 6.45) is -0.336. The predicted molar refractivity (Wildman–Crippen MR) is 65.8 cm³/mol. The standard InChI is InChI=1S/C13H15F2NO3/c1-7-4-9(15)10(5-8(7)14)16-11(17)6-13(2,3)12(18)19/h4-5H,6H2,1-3H3,(H,16,17)(H,18,19). The molecule has 1 aromatic rings. The summed E-state index contributed by atoms with van der Waals surface area (Å²) in [6, 6.07) is 1.84. The fourth-order valence-corrected chi connectivity index (χ4v) is 1.41. The average molecular weight is 271 g/mol. The third kappa shape index (κ3) is 3.74. The molecule has 2 N–H and O–H groups in total. The van der Waals surface area contributed by atoms with Crippen molar-refractivity contribution in [2.75, 3.05) is 5.32 Å². The topological polar surface area (TPSA) is 66.4 Å². The van der Waals surface area contributed by atoms with Crippen LogP contribution >= 0.6 is 0 Å². The zero-order valence-corrected chi connectivity index (χ0v) is 10.9. The van der Waals surface area contributed by atoms with E-state index in [0.717, 1.165) is 12.1 Å². The van der Waals surface area contributed by atoms with E-state index in [0.29, 0.717) is 0 Å². The van der Waals surface area contributed by atoms with Crippen LogP contribution in [0.5, 0.6) is 0 Å². The monoisotopic (exact) mass is 271 g/mol. The van der Waals surface area contributed by atoms with Gasteiger partial charge in [0, 0.05) is 12.5 Å². The number of carbonyl (C=O) groups is 2. The zero-order chi connectivity index (χ0) is 14.8. The molecular formula is C13H15F2NO3. The number of anilines is 1. The van der Waals surface area contributed by atoms with Gasteiger partial charge in [0.15, 0.2) is 0 Å². The van der Waals surface area contributed by atoms with Gasteiger partial charge in [0.05, 0.1) is 11.1 Å². The van der Waals surface area contributed by atoms with Gasteiger partial charge in [-0.1, -0.05) is 0 Å². The minimum absolute atomic E-state index is 0.126. The molecule has 0 atom stereocenters. The number of hydrogen-bond donors (Lipinski definition) is 2. The molecule has 0 aromatic heterocycles. The van der Waals surface area contributed by atoms with Gasteiger partial charge in [-0.05, 0) is 32.4 Å². The minimum Gasteiger partial charge on any atom is -0.481 e. The highest BCUT2D eigenvalue weighted by molar-refractivity contribution is 5.94. The summed E-state index contributed by atoms with van der Waals surface area (Å²) < 4.78 is 26.7. The Kier molecular flexibility index (Phi) is 4.24. The highest BCUT2D eigenvalue weighted by atomic mass is 19.1. The lowest BCUT2D eigenvalue weighted by molar-refractivity contribution is -0.148. The van der Waals surface area contributed by atoms with E-state index in [1.54, 1.807) is 0 Å². The van der Waals surface area contributed by atoms with E-state index < -0.39 is 28.9 Å². The molecule has 0 aliphatic rings. The number of nitrogens with one attached hydrogen (secondary N) is 1. The number of carboxylic acid groups (broad SMARTS) is 1. The number of hydrogen-bond acceptors (Lipinski definition) is 2. The molecule has 0 saturated heterocycles. The Morgan fingerprint density at radius 2 is 1.84 bits per heavy atom.